The first kappa shape index (κ1) is 13.1. The maximum absolute atomic E-state index is 8.97. The second-order valence-electron chi connectivity index (χ2n) is 3.81. The Morgan fingerprint density at radius 1 is 1.20 bits per heavy atom. The molecule has 1 aromatic carbocycles. The second-order valence-corrected chi connectivity index (χ2v) is 5.13. The normalized spacial score (nSPS) is 10.4. The van der Waals surface area contributed by atoms with Crippen LogP contribution in [0.15, 0.2) is 24.4 Å². The molecule has 0 spiro atoms. The van der Waals surface area contributed by atoms with Crippen LogP contribution in [0.2, 0.25) is 10.0 Å². The van der Waals surface area contributed by atoms with E-state index in [4.69, 9.17) is 28.5 Å². The predicted molar refractivity (Wildman–Crippen MR) is 79.7 cm³/mol. The van der Waals surface area contributed by atoms with E-state index in [2.05, 4.69) is 19.0 Å². The summed E-state index contributed by atoms with van der Waals surface area (Å²) in [7, 11) is 0. The topological polar surface area (TPSA) is 74.5 Å². The van der Waals surface area contributed by atoms with Crippen molar-refractivity contribution in [3.63, 3.8) is 0 Å². The van der Waals surface area contributed by atoms with Gasteiger partial charge in [0.15, 0.2) is 5.82 Å². The third kappa shape index (κ3) is 2.16. The highest BCUT2D eigenvalue weighted by atomic mass is 35.5. The van der Waals surface area contributed by atoms with Gasteiger partial charge in [-0.05, 0) is 18.2 Å². The summed E-state index contributed by atoms with van der Waals surface area (Å²) in [6, 6.07) is 7.04. The molecule has 5 nitrogen and oxygen atoms in total. The van der Waals surface area contributed by atoms with Crippen molar-refractivity contribution in [3.8, 4) is 6.07 Å². The van der Waals surface area contributed by atoms with Gasteiger partial charge >= 0.3 is 0 Å². The van der Waals surface area contributed by atoms with Crippen LogP contribution in [0, 0.1) is 11.3 Å². The number of pyridine rings is 1. The van der Waals surface area contributed by atoms with Gasteiger partial charge in [0, 0.05) is 6.20 Å². The number of fused-ring (bicyclic) bond motifs is 1. The van der Waals surface area contributed by atoms with Gasteiger partial charge in [-0.1, -0.05) is 23.2 Å². The van der Waals surface area contributed by atoms with Gasteiger partial charge < -0.3 is 5.32 Å². The number of aromatic nitrogens is 3. The second kappa shape index (κ2) is 5.21. The van der Waals surface area contributed by atoms with E-state index in [-0.39, 0.29) is 5.02 Å². The van der Waals surface area contributed by atoms with E-state index < -0.39 is 0 Å². The molecule has 0 saturated carbocycles. The standard InChI is InChI=1S/C12H5Cl2N5S/c13-7-1-2-8-11(19-20-18-8)10(7)17-12-9(14)6(5-15)3-4-16-12/h1-4H,(H,16,17). The number of nitrogens with zero attached hydrogens (tertiary/aromatic N) is 4. The highest BCUT2D eigenvalue weighted by Gasteiger charge is 2.13. The molecule has 8 heteroatoms. The Hall–Kier alpha value is -1.94. The van der Waals surface area contributed by atoms with Crippen LogP contribution >= 0.6 is 34.9 Å². The van der Waals surface area contributed by atoms with Gasteiger partial charge in [-0.25, -0.2) is 4.98 Å². The van der Waals surface area contributed by atoms with E-state index in [1.807, 2.05) is 6.07 Å². The molecule has 98 valence electrons. The van der Waals surface area contributed by atoms with E-state index in [9.17, 15) is 0 Å². The van der Waals surface area contributed by atoms with Crippen molar-refractivity contribution >= 4 is 57.5 Å². The number of nitriles is 1. The maximum Gasteiger partial charge on any atom is 0.150 e. The Morgan fingerprint density at radius 3 is 2.85 bits per heavy atom. The van der Waals surface area contributed by atoms with Gasteiger partial charge in [-0.15, -0.1) is 0 Å². The molecule has 2 heterocycles. The van der Waals surface area contributed by atoms with E-state index >= 15 is 0 Å². The molecule has 0 bridgehead atoms. The zero-order valence-corrected chi connectivity index (χ0v) is 12.1. The lowest BCUT2D eigenvalue weighted by atomic mass is 10.2. The molecule has 2 aromatic heterocycles. The van der Waals surface area contributed by atoms with Crippen LogP contribution in [0.5, 0.6) is 0 Å². The largest absolute Gasteiger partial charge is 0.336 e. The molecule has 0 amide bonds. The minimum absolute atomic E-state index is 0.242. The Morgan fingerprint density at radius 2 is 2.05 bits per heavy atom. The molecule has 0 unspecified atom stereocenters. The molecule has 1 N–H and O–H groups in total. The van der Waals surface area contributed by atoms with Gasteiger partial charge in [-0.3, -0.25) is 0 Å². The van der Waals surface area contributed by atoms with Crippen LogP contribution in [0.1, 0.15) is 5.56 Å². The van der Waals surface area contributed by atoms with Crippen LogP contribution < -0.4 is 5.32 Å². The molecule has 0 aliphatic carbocycles. The monoisotopic (exact) mass is 321 g/mol. The zero-order chi connectivity index (χ0) is 14.1. The van der Waals surface area contributed by atoms with Gasteiger partial charge in [-0.2, -0.15) is 14.0 Å². The fraction of sp³-hybridized carbons (Fsp3) is 0. The van der Waals surface area contributed by atoms with Crippen molar-refractivity contribution in [2.24, 2.45) is 0 Å². The summed E-state index contributed by atoms with van der Waals surface area (Å²) in [6.07, 6.45) is 1.50. The van der Waals surface area contributed by atoms with Crippen molar-refractivity contribution in [1.82, 2.24) is 13.7 Å². The maximum atomic E-state index is 8.97. The lowest BCUT2D eigenvalue weighted by Crippen LogP contribution is -1.97. The van der Waals surface area contributed by atoms with E-state index in [1.165, 1.54) is 6.20 Å². The van der Waals surface area contributed by atoms with Crippen molar-refractivity contribution in [3.05, 3.63) is 40.0 Å². The Kier molecular flexibility index (Phi) is 3.40. The summed E-state index contributed by atoms with van der Waals surface area (Å²) < 4.78 is 8.34. The van der Waals surface area contributed by atoms with Crippen LogP contribution in [-0.2, 0) is 0 Å². The fourth-order valence-corrected chi connectivity index (χ4v) is 2.62. The van der Waals surface area contributed by atoms with E-state index in [0.29, 0.717) is 27.6 Å². The third-order valence-corrected chi connectivity index (χ3v) is 3.87. The minimum atomic E-state index is 0.242. The van der Waals surface area contributed by atoms with Crippen LogP contribution in [0.3, 0.4) is 0 Å². The average Bonchev–Trinajstić information content (AvgIpc) is 2.92. The lowest BCUT2D eigenvalue weighted by molar-refractivity contribution is 1.29. The highest BCUT2D eigenvalue weighted by Crippen LogP contribution is 2.34. The van der Waals surface area contributed by atoms with E-state index in [0.717, 1.165) is 17.2 Å². The average molecular weight is 322 g/mol. The Labute approximate surface area is 128 Å². The van der Waals surface area contributed by atoms with Gasteiger partial charge in [0.1, 0.15) is 22.1 Å². The number of hydrogen-bond acceptors (Lipinski definition) is 6. The van der Waals surface area contributed by atoms with Crippen LogP contribution in [0.25, 0.3) is 11.0 Å². The van der Waals surface area contributed by atoms with Crippen molar-refractivity contribution < 1.29 is 0 Å². The summed E-state index contributed by atoms with van der Waals surface area (Å²) in [5, 5.41) is 12.7. The molecule has 0 aliphatic rings. The molecule has 0 saturated heterocycles. The zero-order valence-electron chi connectivity index (χ0n) is 9.76. The molecular formula is C12H5Cl2N5S. The van der Waals surface area contributed by atoms with Gasteiger partial charge in [0.25, 0.3) is 0 Å². The molecular weight excluding hydrogens is 317 g/mol. The summed E-state index contributed by atoms with van der Waals surface area (Å²) in [5.41, 5.74) is 2.28. The summed E-state index contributed by atoms with van der Waals surface area (Å²) in [5.74, 6) is 0.355. The van der Waals surface area contributed by atoms with Crippen LogP contribution in [-0.4, -0.2) is 13.7 Å². The number of hydrogen-bond donors (Lipinski definition) is 1. The fourth-order valence-electron chi connectivity index (χ4n) is 1.68. The third-order valence-electron chi connectivity index (χ3n) is 2.63. The quantitative estimate of drug-likeness (QED) is 0.771. The molecule has 3 rings (SSSR count). The van der Waals surface area contributed by atoms with Crippen molar-refractivity contribution in [2.45, 2.75) is 0 Å². The number of benzene rings is 1. The van der Waals surface area contributed by atoms with Gasteiger partial charge in [0.05, 0.1) is 28.0 Å². The number of halogens is 2. The summed E-state index contributed by atoms with van der Waals surface area (Å²) in [6.45, 7) is 0. The van der Waals surface area contributed by atoms with Crippen molar-refractivity contribution in [1.29, 1.82) is 5.26 Å². The first-order valence-electron chi connectivity index (χ1n) is 5.43. The number of nitrogens with one attached hydrogen (secondary N) is 1. The Balaban J connectivity index is 2.13. The van der Waals surface area contributed by atoms with E-state index in [1.54, 1.807) is 18.2 Å². The van der Waals surface area contributed by atoms with Gasteiger partial charge in [0.2, 0.25) is 0 Å². The SMILES string of the molecule is N#Cc1ccnc(Nc2c(Cl)ccc3nsnc23)c1Cl. The first-order valence-corrected chi connectivity index (χ1v) is 6.91. The smallest absolute Gasteiger partial charge is 0.150 e. The lowest BCUT2D eigenvalue weighted by Gasteiger charge is -2.09. The number of rotatable bonds is 2. The molecule has 0 aliphatic heterocycles. The number of anilines is 2. The molecule has 3 aromatic rings. The van der Waals surface area contributed by atoms with Crippen LogP contribution in [0.4, 0.5) is 11.5 Å². The Bertz CT molecular complexity index is 839. The molecule has 0 atom stereocenters. The minimum Gasteiger partial charge on any atom is -0.336 e. The summed E-state index contributed by atoms with van der Waals surface area (Å²) in [4.78, 5) is 4.12. The highest BCUT2D eigenvalue weighted by molar-refractivity contribution is 7.00. The molecule has 0 radical (unpaired) electrons. The van der Waals surface area contributed by atoms with Crippen molar-refractivity contribution in [2.75, 3.05) is 5.32 Å². The molecule has 0 fully saturated rings. The first-order chi connectivity index (χ1) is 9.70. The summed E-state index contributed by atoms with van der Waals surface area (Å²) >= 11 is 13.4. The predicted octanol–water partition coefficient (Wildman–Crippen LogP) is 4.01. The molecule has 20 heavy (non-hydrogen) atoms.